The number of methoxy groups -OCH3 is 1. The molecular formula is C29H30N4O5. The normalized spacial score (nSPS) is 16.4. The third-order valence-corrected chi connectivity index (χ3v) is 6.93. The summed E-state index contributed by atoms with van der Waals surface area (Å²) in [5.74, 6) is -0.442. The van der Waals surface area contributed by atoms with E-state index in [0.29, 0.717) is 12.2 Å². The van der Waals surface area contributed by atoms with Crippen molar-refractivity contribution in [1.82, 2.24) is 10.2 Å². The van der Waals surface area contributed by atoms with Gasteiger partial charge in [-0.15, -0.1) is 0 Å². The fraction of sp³-hybridized carbons (Fsp3) is 0.276. The lowest BCUT2D eigenvalue weighted by Crippen LogP contribution is -2.50. The Morgan fingerprint density at radius 1 is 0.921 bits per heavy atom. The molecule has 38 heavy (non-hydrogen) atoms. The number of anilines is 2. The molecule has 0 aromatic heterocycles. The zero-order valence-electron chi connectivity index (χ0n) is 21.2. The number of para-hydroxylation sites is 3. The number of nitrogens with one attached hydrogen (secondary N) is 1. The number of hydrogen-bond acceptors (Lipinski definition) is 7. The van der Waals surface area contributed by atoms with Crippen molar-refractivity contribution in [3.8, 4) is 5.75 Å². The van der Waals surface area contributed by atoms with Gasteiger partial charge in [0.2, 0.25) is 0 Å². The molecule has 5 rings (SSSR count). The lowest BCUT2D eigenvalue weighted by molar-refractivity contribution is 0.0851. The molecule has 9 nitrogen and oxygen atoms in total. The number of fused-ring (bicyclic) bond motifs is 1. The number of ether oxygens (including phenoxy) is 1. The summed E-state index contributed by atoms with van der Waals surface area (Å²) >= 11 is 0. The van der Waals surface area contributed by atoms with Crippen LogP contribution in [0, 0.1) is 0 Å². The lowest BCUT2D eigenvalue weighted by Gasteiger charge is -2.37. The number of benzene rings is 3. The summed E-state index contributed by atoms with van der Waals surface area (Å²) in [4.78, 5) is 44.0. The van der Waals surface area contributed by atoms with Crippen LogP contribution >= 0.6 is 0 Å². The van der Waals surface area contributed by atoms with Crippen molar-refractivity contribution in [3.63, 3.8) is 0 Å². The van der Waals surface area contributed by atoms with Crippen molar-refractivity contribution in [3.05, 3.63) is 89.5 Å². The molecule has 196 valence electrons. The van der Waals surface area contributed by atoms with E-state index >= 15 is 0 Å². The highest BCUT2D eigenvalue weighted by molar-refractivity contribution is 6.34. The summed E-state index contributed by atoms with van der Waals surface area (Å²) < 4.78 is 5.47. The highest BCUT2D eigenvalue weighted by atomic mass is 16.5. The number of carbonyl (C=O) groups excluding carboxylic acids is 3. The molecule has 2 aliphatic heterocycles. The van der Waals surface area contributed by atoms with Crippen LogP contribution in [-0.4, -0.2) is 80.2 Å². The van der Waals surface area contributed by atoms with E-state index in [2.05, 4.69) is 15.1 Å². The van der Waals surface area contributed by atoms with E-state index in [1.165, 1.54) is 18.2 Å². The van der Waals surface area contributed by atoms with Crippen molar-refractivity contribution in [2.75, 3.05) is 56.2 Å². The van der Waals surface area contributed by atoms with E-state index in [4.69, 9.17) is 4.74 Å². The molecule has 1 fully saturated rings. The maximum atomic E-state index is 12.9. The van der Waals surface area contributed by atoms with Crippen LogP contribution in [0.5, 0.6) is 5.75 Å². The minimum atomic E-state index is -0.747. The first-order valence-electron chi connectivity index (χ1n) is 12.6. The molecule has 3 aromatic rings. The van der Waals surface area contributed by atoms with Gasteiger partial charge in [-0.2, -0.15) is 0 Å². The number of nitrogens with zero attached hydrogens (tertiary/aromatic N) is 3. The largest absolute Gasteiger partial charge is 0.495 e. The number of β-amino-alcohol motifs (C(OH)–C–C–N with tert-alkyl or cyclic N) is 1. The maximum absolute atomic E-state index is 12.9. The topological polar surface area (TPSA) is 102 Å². The van der Waals surface area contributed by atoms with Gasteiger partial charge in [0.25, 0.3) is 17.7 Å². The van der Waals surface area contributed by atoms with Gasteiger partial charge in [0.15, 0.2) is 0 Å². The number of rotatable bonds is 8. The Morgan fingerprint density at radius 3 is 2.34 bits per heavy atom. The molecule has 1 saturated heterocycles. The second-order valence-electron chi connectivity index (χ2n) is 9.36. The van der Waals surface area contributed by atoms with E-state index in [0.717, 1.165) is 42.5 Å². The fourth-order valence-corrected chi connectivity index (χ4v) is 4.93. The van der Waals surface area contributed by atoms with Crippen molar-refractivity contribution in [2.45, 2.75) is 6.10 Å². The van der Waals surface area contributed by atoms with Crippen LogP contribution in [0.15, 0.2) is 72.8 Å². The Balaban J connectivity index is 1.13. The Kier molecular flexibility index (Phi) is 7.39. The van der Waals surface area contributed by atoms with Crippen LogP contribution in [0.2, 0.25) is 0 Å². The number of imide groups is 1. The van der Waals surface area contributed by atoms with Crippen LogP contribution in [0.4, 0.5) is 11.4 Å². The van der Waals surface area contributed by atoms with Crippen LogP contribution in [0.1, 0.15) is 31.1 Å². The van der Waals surface area contributed by atoms with Crippen LogP contribution in [0.25, 0.3) is 0 Å². The molecule has 2 aliphatic rings. The second-order valence-corrected chi connectivity index (χ2v) is 9.36. The van der Waals surface area contributed by atoms with E-state index in [1.807, 2.05) is 24.3 Å². The molecule has 2 N–H and O–H groups in total. The van der Waals surface area contributed by atoms with E-state index in [1.54, 1.807) is 37.4 Å². The monoisotopic (exact) mass is 514 g/mol. The molecule has 3 amide bonds. The average Bonchev–Trinajstić information content (AvgIpc) is 3.21. The van der Waals surface area contributed by atoms with Crippen LogP contribution in [-0.2, 0) is 0 Å². The highest BCUT2D eigenvalue weighted by Crippen LogP contribution is 2.29. The van der Waals surface area contributed by atoms with Gasteiger partial charge in [0, 0.05) is 44.8 Å². The van der Waals surface area contributed by atoms with Gasteiger partial charge < -0.3 is 20.1 Å². The molecule has 9 heteroatoms. The predicted molar refractivity (Wildman–Crippen MR) is 144 cm³/mol. The van der Waals surface area contributed by atoms with E-state index < -0.39 is 23.8 Å². The molecule has 0 spiro atoms. The summed E-state index contributed by atoms with van der Waals surface area (Å²) in [5.41, 5.74) is 2.26. The van der Waals surface area contributed by atoms with Gasteiger partial charge in [0.1, 0.15) is 5.75 Å². The molecule has 0 saturated carbocycles. The Bertz CT molecular complexity index is 1340. The Morgan fingerprint density at radius 2 is 1.61 bits per heavy atom. The zero-order valence-corrected chi connectivity index (χ0v) is 21.2. The van der Waals surface area contributed by atoms with E-state index in [-0.39, 0.29) is 23.2 Å². The standard InChI is InChI=1S/C29H30N4O5/c1-38-26-10-6-5-9-25(26)32-15-13-31(14-16-32)19-22(34)18-30-27(35)20-11-12-23-24(17-20)29(37)33(28(23)36)21-7-3-2-4-8-21/h2-12,17,22,34H,13-16,18-19H2,1H3,(H,30,35)/t22-/m0/s1. The SMILES string of the molecule is COc1ccccc1N1CCN(C[C@@H](O)CNC(=O)c2ccc3c(c2)C(=O)N(c2ccccc2)C3=O)CC1. The van der Waals surface area contributed by atoms with Gasteiger partial charge in [0.05, 0.1) is 35.7 Å². The highest BCUT2D eigenvalue weighted by Gasteiger charge is 2.37. The smallest absolute Gasteiger partial charge is 0.266 e. The van der Waals surface area contributed by atoms with Gasteiger partial charge in [-0.1, -0.05) is 30.3 Å². The second kappa shape index (κ2) is 11.0. The minimum absolute atomic E-state index is 0.0751. The number of aliphatic hydroxyl groups excluding tert-OH is 1. The first-order valence-corrected chi connectivity index (χ1v) is 12.6. The van der Waals surface area contributed by atoms with Crippen molar-refractivity contribution in [2.24, 2.45) is 0 Å². The van der Waals surface area contributed by atoms with Gasteiger partial charge >= 0.3 is 0 Å². The quantitative estimate of drug-likeness (QED) is 0.445. The van der Waals surface area contributed by atoms with Gasteiger partial charge in [-0.05, 0) is 42.5 Å². The first kappa shape index (κ1) is 25.4. The molecule has 0 bridgehead atoms. The number of amides is 3. The summed E-state index contributed by atoms with van der Waals surface area (Å²) in [5, 5.41) is 13.3. The number of piperazine rings is 1. The van der Waals surface area contributed by atoms with Gasteiger partial charge in [-0.3, -0.25) is 19.3 Å². The number of aliphatic hydroxyl groups is 1. The van der Waals surface area contributed by atoms with E-state index in [9.17, 15) is 19.5 Å². The number of hydrogen-bond donors (Lipinski definition) is 2. The lowest BCUT2D eigenvalue weighted by atomic mass is 10.1. The van der Waals surface area contributed by atoms with Crippen molar-refractivity contribution < 1.29 is 24.2 Å². The average molecular weight is 515 g/mol. The molecular weight excluding hydrogens is 484 g/mol. The first-order chi connectivity index (χ1) is 18.5. The predicted octanol–water partition coefficient (Wildman–Crippen LogP) is 2.41. The maximum Gasteiger partial charge on any atom is 0.266 e. The fourth-order valence-electron chi connectivity index (χ4n) is 4.93. The van der Waals surface area contributed by atoms with Crippen LogP contribution < -0.4 is 19.9 Å². The molecule has 0 unspecified atom stereocenters. The number of carbonyl (C=O) groups is 3. The van der Waals surface area contributed by atoms with Gasteiger partial charge in [-0.25, -0.2) is 4.90 Å². The third kappa shape index (κ3) is 5.11. The molecule has 0 aliphatic carbocycles. The summed E-state index contributed by atoms with van der Waals surface area (Å²) in [6, 6.07) is 21.1. The summed E-state index contributed by atoms with van der Waals surface area (Å²) in [7, 11) is 1.67. The van der Waals surface area contributed by atoms with Crippen LogP contribution in [0.3, 0.4) is 0 Å². The summed E-state index contributed by atoms with van der Waals surface area (Å²) in [6.45, 7) is 3.68. The molecule has 2 heterocycles. The van der Waals surface area contributed by atoms with Crippen molar-refractivity contribution in [1.29, 1.82) is 0 Å². The Labute approximate surface area is 221 Å². The van der Waals surface area contributed by atoms with Crippen molar-refractivity contribution >= 4 is 29.1 Å². The minimum Gasteiger partial charge on any atom is -0.495 e. The molecule has 0 radical (unpaired) electrons. The molecule has 3 aromatic carbocycles. The zero-order chi connectivity index (χ0) is 26.6. The summed E-state index contributed by atoms with van der Waals surface area (Å²) in [6.07, 6.45) is -0.747. The third-order valence-electron chi connectivity index (χ3n) is 6.93. The molecule has 1 atom stereocenters. The Hall–Kier alpha value is -4.21.